The van der Waals surface area contributed by atoms with Crippen molar-refractivity contribution in [2.24, 2.45) is 22.7 Å². The monoisotopic (exact) mass is 600 g/mol. The fourth-order valence-electron chi connectivity index (χ4n) is 8.13. The second-order valence-electron chi connectivity index (χ2n) is 13.1. The molecule has 234 valence electrons. The Hall–Kier alpha value is -3.28. The largest absolute Gasteiger partial charge is 0.508 e. The fraction of sp³-hybridized carbons (Fsp3) is 0.625. The fourth-order valence-corrected chi connectivity index (χ4v) is 8.13. The van der Waals surface area contributed by atoms with Crippen LogP contribution in [0.5, 0.6) is 0 Å². The number of carbonyl (C=O) groups excluding carboxylic acids is 4. The van der Waals surface area contributed by atoms with Crippen molar-refractivity contribution in [3.63, 3.8) is 0 Å². The molecule has 1 aromatic rings. The quantitative estimate of drug-likeness (QED) is 0.297. The van der Waals surface area contributed by atoms with Crippen LogP contribution in [0, 0.1) is 22.7 Å². The van der Waals surface area contributed by atoms with Gasteiger partial charge in [0.15, 0.2) is 17.5 Å². The van der Waals surface area contributed by atoms with Gasteiger partial charge in [0.1, 0.15) is 17.8 Å². The Morgan fingerprint density at radius 3 is 2.28 bits per heavy atom. The first-order chi connectivity index (χ1) is 20.1. The second-order valence-corrected chi connectivity index (χ2v) is 13.1. The van der Waals surface area contributed by atoms with Gasteiger partial charge in [-0.1, -0.05) is 45.9 Å². The van der Waals surface area contributed by atoms with E-state index < -0.39 is 82.2 Å². The molecule has 11 nitrogen and oxygen atoms in total. The maximum Gasteiger partial charge on any atom is 0.508 e. The van der Waals surface area contributed by atoms with Crippen LogP contribution in [0.4, 0.5) is 4.79 Å². The van der Waals surface area contributed by atoms with Gasteiger partial charge in [0.2, 0.25) is 0 Å². The van der Waals surface area contributed by atoms with Gasteiger partial charge in [-0.15, -0.1) is 0 Å². The van der Waals surface area contributed by atoms with Crippen LogP contribution in [0.1, 0.15) is 64.7 Å². The predicted molar refractivity (Wildman–Crippen MR) is 150 cm³/mol. The molecule has 9 atom stereocenters. The van der Waals surface area contributed by atoms with Crippen LogP contribution in [-0.4, -0.2) is 83.4 Å². The molecular weight excluding hydrogens is 560 g/mol. The number of carbonyl (C=O) groups is 4. The Morgan fingerprint density at radius 2 is 1.72 bits per heavy atom. The maximum atomic E-state index is 15.0. The molecule has 0 spiro atoms. The van der Waals surface area contributed by atoms with E-state index in [0.29, 0.717) is 5.57 Å². The summed E-state index contributed by atoms with van der Waals surface area (Å²) in [5, 5.41) is 24.3. The normalized spacial score (nSPS) is 39.6. The highest BCUT2D eigenvalue weighted by atomic mass is 16.8. The van der Waals surface area contributed by atoms with E-state index in [9.17, 15) is 29.4 Å². The van der Waals surface area contributed by atoms with Crippen LogP contribution in [0.15, 0.2) is 41.5 Å². The minimum absolute atomic E-state index is 0.161. The average Bonchev–Trinajstić information content (AvgIpc) is 2.95. The van der Waals surface area contributed by atoms with E-state index in [1.807, 2.05) is 6.92 Å². The zero-order chi connectivity index (χ0) is 31.7. The van der Waals surface area contributed by atoms with Crippen LogP contribution in [0.3, 0.4) is 0 Å². The van der Waals surface area contributed by atoms with E-state index >= 15 is 0 Å². The molecule has 1 aromatic carbocycles. The Bertz CT molecular complexity index is 1370. The summed E-state index contributed by atoms with van der Waals surface area (Å²) in [6.07, 6.45) is -5.98. The molecule has 0 radical (unpaired) electrons. The molecule has 2 saturated carbocycles. The second kappa shape index (κ2) is 10.4. The Kier molecular flexibility index (Phi) is 7.55. The van der Waals surface area contributed by atoms with Crippen molar-refractivity contribution < 1.29 is 53.1 Å². The summed E-state index contributed by atoms with van der Waals surface area (Å²) in [6.45, 7) is 9.51. The number of esters is 2. The molecule has 43 heavy (non-hydrogen) atoms. The van der Waals surface area contributed by atoms with Gasteiger partial charge in [-0.05, 0) is 42.5 Å². The van der Waals surface area contributed by atoms with Gasteiger partial charge in [-0.2, -0.15) is 0 Å². The third-order valence-electron chi connectivity index (χ3n) is 10.8. The molecule has 3 fully saturated rings. The molecule has 3 aliphatic carbocycles. The first-order valence-corrected chi connectivity index (χ1v) is 14.5. The zero-order valence-electron chi connectivity index (χ0n) is 25.5. The minimum atomic E-state index is -2.04. The van der Waals surface area contributed by atoms with Gasteiger partial charge >= 0.3 is 18.1 Å². The molecule has 11 heteroatoms. The molecule has 1 heterocycles. The van der Waals surface area contributed by atoms with E-state index in [4.69, 9.17) is 23.7 Å². The molecule has 4 aliphatic rings. The number of hydrogen-bond donors (Lipinski definition) is 2. The van der Waals surface area contributed by atoms with E-state index in [-0.39, 0.29) is 30.6 Å². The first kappa shape index (κ1) is 31.2. The molecule has 2 N–H and O–H groups in total. The number of aliphatic hydroxyl groups is 2. The summed E-state index contributed by atoms with van der Waals surface area (Å²) in [5.74, 6) is -3.68. The summed E-state index contributed by atoms with van der Waals surface area (Å²) in [4.78, 5) is 54.0. The van der Waals surface area contributed by atoms with Gasteiger partial charge in [0, 0.05) is 24.2 Å². The SMILES string of the molecule is COC(=O)O[C@@]12CO[C@@H]1C[C@H](C)[C@@]1(C)C(=O)[C@H](OC(C)=O)C3=C(C)[C@@H](O)C[C@@](O)([C@@H](OC(=O)c4ccccc4)C12)C3(C)C. The standard InChI is InChI=1S/C32H40O11/c1-16-13-21-31(15-40-21,43-28(37)39-7)24-26(42-27(36)19-11-9-8-10-12-19)32(38)14-20(34)17(2)22(29(32,4)5)23(41-18(3)33)25(35)30(16,24)6/h8-12,16,20-21,23-24,26,34,38H,13-15H2,1-7H3/t16-,20-,21+,23+,24?,26-,30+,31-,32+/m0/s1. The van der Waals surface area contributed by atoms with Gasteiger partial charge in [0.25, 0.3) is 0 Å². The average molecular weight is 601 g/mol. The maximum absolute atomic E-state index is 15.0. The van der Waals surface area contributed by atoms with Gasteiger partial charge in [-0.3, -0.25) is 9.59 Å². The minimum Gasteiger partial charge on any atom is -0.455 e. The van der Waals surface area contributed by atoms with Gasteiger partial charge in [0.05, 0.1) is 31.3 Å². The lowest BCUT2D eigenvalue weighted by molar-refractivity contribution is -0.338. The van der Waals surface area contributed by atoms with Crippen LogP contribution >= 0.6 is 0 Å². The Balaban J connectivity index is 1.84. The molecule has 2 bridgehead atoms. The number of aliphatic hydroxyl groups excluding tert-OH is 1. The number of rotatable bonds is 4. The topological polar surface area (TPSA) is 155 Å². The van der Waals surface area contributed by atoms with Crippen LogP contribution in [0.2, 0.25) is 0 Å². The highest BCUT2D eigenvalue weighted by Gasteiger charge is 2.77. The van der Waals surface area contributed by atoms with Crippen molar-refractivity contribution in [3.05, 3.63) is 47.0 Å². The smallest absolute Gasteiger partial charge is 0.455 e. The van der Waals surface area contributed by atoms with Crippen molar-refractivity contribution >= 4 is 23.9 Å². The molecular formula is C32H40O11. The lowest BCUT2D eigenvalue weighted by atomic mass is 9.43. The van der Waals surface area contributed by atoms with Crippen molar-refractivity contribution in [3.8, 4) is 0 Å². The molecule has 5 rings (SSSR count). The van der Waals surface area contributed by atoms with E-state index in [1.54, 1.807) is 58.0 Å². The highest BCUT2D eigenvalue weighted by Crippen LogP contribution is 2.65. The Morgan fingerprint density at radius 1 is 1.07 bits per heavy atom. The number of methoxy groups -OCH3 is 1. The summed E-state index contributed by atoms with van der Waals surface area (Å²) >= 11 is 0. The van der Waals surface area contributed by atoms with Gasteiger partial charge < -0.3 is 33.9 Å². The van der Waals surface area contributed by atoms with Crippen molar-refractivity contribution in [1.82, 2.24) is 0 Å². The van der Waals surface area contributed by atoms with E-state index in [1.165, 1.54) is 6.92 Å². The molecule has 1 unspecified atom stereocenters. The van der Waals surface area contributed by atoms with Crippen molar-refractivity contribution in [2.45, 2.75) is 90.0 Å². The van der Waals surface area contributed by atoms with Crippen molar-refractivity contribution in [2.75, 3.05) is 13.7 Å². The third kappa shape index (κ3) is 4.34. The lowest BCUT2D eigenvalue weighted by Crippen LogP contribution is -2.80. The Labute approximate surface area is 250 Å². The number of benzene rings is 1. The number of ketones is 1. The third-order valence-corrected chi connectivity index (χ3v) is 10.8. The summed E-state index contributed by atoms with van der Waals surface area (Å²) in [5.41, 5.74) is -5.64. The highest BCUT2D eigenvalue weighted by molar-refractivity contribution is 5.95. The molecule has 0 amide bonds. The van der Waals surface area contributed by atoms with Crippen LogP contribution in [-0.2, 0) is 33.3 Å². The van der Waals surface area contributed by atoms with E-state index in [2.05, 4.69) is 0 Å². The van der Waals surface area contributed by atoms with Crippen molar-refractivity contribution in [1.29, 1.82) is 0 Å². The van der Waals surface area contributed by atoms with Crippen LogP contribution in [0.25, 0.3) is 0 Å². The lowest BCUT2D eigenvalue weighted by Gasteiger charge is -2.67. The predicted octanol–water partition coefficient (Wildman–Crippen LogP) is 3.15. The van der Waals surface area contributed by atoms with E-state index in [0.717, 1.165) is 7.11 Å². The zero-order valence-corrected chi connectivity index (χ0v) is 25.5. The number of Topliss-reactive ketones (excluding diaryl/α,β-unsaturated/α-hetero) is 1. The van der Waals surface area contributed by atoms with Crippen LogP contribution < -0.4 is 0 Å². The molecule has 1 saturated heterocycles. The summed E-state index contributed by atoms with van der Waals surface area (Å²) in [6, 6.07) is 8.20. The molecule has 0 aromatic heterocycles. The summed E-state index contributed by atoms with van der Waals surface area (Å²) in [7, 11) is 1.15. The first-order valence-electron chi connectivity index (χ1n) is 14.5. The molecule has 1 aliphatic heterocycles. The van der Waals surface area contributed by atoms with Gasteiger partial charge in [-0.25, -0.2) is 9.59 Å². The number of ether oxygens (including phenoxy) is 5. The number of hydrogen-bond acceptors (Lipinski definition) is 11. The number of fused-ring (bicyclic) bond motifs is 5. The summed E-state index contributed by atoms with van der Waals surface area (Å²) < 4.78 is 28.8.